The van der Waals surface area contributed by atoms with Crippen molar-refractivity contribution < 1.29 is 4.74 Å². The van der Waals surface area contributed by atoms with E-state index in [2.05, 4.69) is 15.4 Å². The van der Waals surface area contributed by atoms with Crippen LogP contribution in [0.2, 0.25) is 0 Å². The molecule has 0 fully saturated rings. The lowest BCUT2D eigenvalue weighted by Crippen LogP contribution is -2.39. The molecule has 106 valence electrons. The first-order chi connectivity index (χ1) is 9.52. The fourth-order valence-corrected chi connectivity index (χ4v) is 1.67. The standard InChI is InChI=1S/C12H15N5O3/c1-16-11(18)10(15-17(2)12(16)19)14-7-8-4-5-13-9(6-8)20-3/h4-6H,7H2,1-3H3,(H,14,15). The molecule has 1 N–H and O–H groups in total. The van der Waals surface area contributed by atoms with Gasteiger partial charge in [0, 0.05) is 32.9 Å². The maximum Gasteiger partial charge on any atom is 0.346 e. The molecule has 0 radical (unpaired) electrons. The van der Waals surface area contributed by atoms with E-state index in [-0.39, 0.29) is 5.82 Å². The van der Waals surface area contributed by atoms with Gasteiger partial charge in [0.05, 0.1) is 7.11 Å². The first-order valence-corrected chi connectivity index (χ1v) is 5.90. The molecule has 0 aromatic carbocycles. The minimum atomic E-state index is -0.467. The first kappa shape index (κ1) is 13.8. The van der Waals surface area contributed by atoms with Crippen LogP contribution in [-0.2, 0) is 20.6 Å². The van der Waals surface area contributed by atoms with Gasteiger partial charge in [0.2, 0.25) is 11.7 Å². The number of anilines is 1. The minimum absolute atomic E-state index is 0.116. The summed E-state index contributed by atoms with van der Waals surface area (Å²) < 4.78 is 7.13. The second-order valence-corrected chi connectivity index (χ2v) is 4.18. The molecule has 0 atom stereocenters. The number of aromatic nitrogens is 4. The Balaban J connectivity index is 2.23. The van der Waals surface area contributed by atoms with Gasteiger partial charge in [-0.25, -0.2) is 14.5 Å². The van der Waals surface area contributed by atoms with Gasteiger partial charge >= 0.3 is 5.69 Å². The Labute approximate surface area is 114 Å². The van der Waals surface area contributed by atoms with E-state index in [4.69, 9.17) is 4.74 Å². The summed E-state index contributed by atoms with van der Waals surface area (Å²) >= 11 is 0. The van der Waals surface area contributed by atoms with Gasteiger partial charge in [-0.2, -0.15) is 0 Å². The van der Waals surface area contributed by atoms with E-state index in [1.165, 1.54) is 21.2 Å². The quantitative estimate of drug-likeness (QED) is 0.809. The molecule has 0 bridgehead atoms. The SMILES string of the molecule is COc1cc(CNc2nn(C)c(=O)n(C)c2=O)ccn1. The molecule has 0 aliphatic heterocycles. The Bertz CT molecular complexity index is 735. The normalized spacial score (nSPS) is 10.3. The molecule has 2 aromatic heterocycles. The van der Waals surface area contributed by atoms with Crippen LogP contribution in [0.15, 0.2) is 27.9 Å². The second kappa shape index (κ2) is 5.55. The minimum Gasteiger partial charge on any atom is -0.481 e. The Morgan fingerprint density at radius 3 is 2.80 bits per heavy atom. The number of hydrogen-bond donors (Lipinski definition) is 1. The molecular weight excluding hydrogens is 262 g/mol. The van der Waals surface area contributed by atoms with Crippen LogP contribution in [0, 0.1) is 0 Å². The van der Waals surface area contributed by atoms with Crippen molar-refractivity contribution in [2.75, 3.05) is 12.4 Å². The smallest absolute Gasteiger partial charge is 0.346 e. The van der Waals surface area contributed by atoms with Crippen LogP contribution in [0.1, 0.15) is 5.56 Å². The van der Waals surface area contributed by atoms with Crippen LogP contribution in [0.25, 0.3) is 0 Å². The van der Waals surface area contributed by atoms with E-state index in [0.29, 0.717) is 12.4 Å². The van der Waals surface area contributed by atoms with Gasteiger partial charge in [-0.05, 0) is 11.6 Å². The average Bonchev–Trinajstić information content (AvgIpc) is 2.47. The van der Waals surface area contributed by atoms with Crippen LogP contribution in [-0.4, -0.2) is 26.4 Å². The predicted octanol–water partition coefficient (Wildman–Crippen LogP) is -0.505. The number of methoxy groups -OCH3 is 1. The summed E-state index contributed by atoms with van der Waals surface area (Å²) in [6, 6.07) is 3.54. The zero-order chi connectivity index (χ0) is 14.7. The summed E-state index contributed by atoms with van der Waals surface area (Å²) in [6.45, 7) is 0.374. The van der Waals surface area contributed by atoms with E-state index >= 15 is 0 Å². The van der Waals surface area contributed by atoms with Crippen LogP contribution in [0.4, 0.5) is 5.82 Å². The van der Waals surface area contributed by atoms with E-state index in [9.17, 15) is 9.59 Å². The third-order valence-corrected chi connectivity index (χ3v) is 2.79. The number of hydrogen-bond acceptors (Lipinski definition) is 6. The van der Waals surface area contributed by atoms with Crippen molar-refractivity contribution >= 4 is 5.82 Å². The molecule has 0 saturated heterocycles. The Hall–Kier alpha value is -2.64. The summed E-state index contributed by atoms with van der Waals surface area (Å²) in [4.78, 5) is 27.4. The predicted molar refractivity (Wildman–Crippen MR) is 72.8 cm³/mol. The fourth-order valence-electron chi connectivity index (χ4n) is 1.67. The number of nitrogens with zero attached hydrogens (tertiary/aromatic N) is 4. The van der Waals surface area contributed by atoms with Crippen molar-refractivity contribution in [3.8, 4) is 5.88 Å². The fraction of sp³-hybridized carbons (Fsp3) is 0.333. The van der Waals surface area contributed by atoms with Gasteiger partial charge in [-0.1, -0.05) is 0 Å². The number of rotatable bonds is 4. The van der Waals surface area contributed by atoms with Crippen molar-refractivity contribution in [1.29, 1.82) is 0 Å². The molecule has 0 spiro atoms. The van der Waals surface area contributed by atoms with Crippen LogP contribution < -0.4 is 21.3 Å². The third kappa shape index (κ3) is 2.68. The molecule has 2 heterocycles. The Kier molecular flexibility index (Phi) is 3.83. The highest BCUT2D eigenvalue weighted by Crippen LogP contribution is 2.09. The van der Waals surface area contributed by atoms with Gasteiger partial charge < -0.3 is 10.1 Å². The molecule has 0 amide bonds. The summed E-state index contributed by atoms with van der Waals surface area (Å²) in [6.07, 6.45) is 1.61. The second-order valence-electron chi connectivity index (χ2n) is 4.18. The topological polar surface area (TPSA) is 91.0 Å². The molecule has 8 nitrogen and oxygen atoms in total. The van der Waals surface area contributed by atoms with Crippen molar-refractivity contribution in [2.24, 2.45) is 14.1 Å². The molecule has 20 heavy (non-hydrogen) atoms. The summed E-state index contributed by atoms with van der Waals surface area (Å²) in [5, 5.41) is 6.81. The maximum atomic E-state index is 11.9. The van der Waals surface area contributed by atoms with Crippen LogP contribution in [0.3, 0.4) is 0 Å². The van der Waals surface area contributed by atoms with Gasteiger partial charge in [0.15, 0.2) is 0 Å². The van der Waals surface area contributed by atoms with Crippen molar-refractivity contribution in [3.05, 3.63) is 44.7 Å². The summed E-state index contributed by atoms with van der Waals surface area (Å²) in [7, 11) is 4.43. The van der Waals surface area contributed by atoms with Crippen LogP contribution >= 0.6 is 0 Å². The van der Waals surface area contributed by atoms with E-state index in [0.717, 1.165) is 14.8 Å². The van der Waals surface area contributed by atoms with Crippen molar-refractivity contribution in [1.82, 2.24) is 19.3 Å². The van der Waals surface area contributed by atoms with Crippen molar-refractivity contribution in [3.63, 3.8) is 0 Å². The highest BCUT2D eigenvalue weighted by Gasteiger charge is 2.08. The molecule has 2 aromatic rings. The lowest BCUT2D eigenvalue weighted by Gasteiger charge is -2.08. The van der Waals surface area contributed by atoms with Gasteiger partial charge in [0.1, 0.15) is 0 Å². The van der Waals surface area contributed by atoms with E-state index in [1.807, 2.05) is 0 Å². The molecule has 0 unspecified atom stereocenters. The van der Waals surface area contributed by atoms with Gasteiger partial charge in [0.25, 0.3) is 5.56 Å². The van der Waals surface area contributed by atoms with Crippen LogP contribution in [0.5, 0.6) is 5.88 Å². The molecule has 2 rings (SSSR count). The average molecular weight is 277 g/mol. The summed E-state index contributed by atoms with van der Waals surface area (Å²) in [5.74, 6) is 0.607. The Morgan fingerprint density at radius 2 is 2.10 bits per heavy atom. The highest BCUT2D eigenvalue weighted by molar-refractivity contribution is 5.32. The lowest BCUT2D eigenvalue weighted by atomic mass is 10.2. The zero-order valence-electron chi connectivity index (χ0n) is 11.5. The van der Waals surface area contributed by atoms with E-state index in [1.54, 1.807) is 18.3 Å². The number of aryl methyl sites for hydroxylation is 1. The van der Waals surface area contributed by atoms with Crippen molar-refractivity contribution in [2.45, 2.75) is 6.54 Å². The monoisotopic (exact) mass is 277 g/mol. The van der Waals surface area contributed by atoms with E-state index < -0.39 is 11.2 Å². The molecule has 0 aliphatic carbocycles. The number of pyridine rings is 1. The number of ether oxygens (including phenoxy) is 1. The van der Waals surface area contributed by atoms with Gasteiger partial charge in [-0.3, -0.25) is 9.36 Å². The molecule has 0 aliphatic rings. The third-order valence-electron chi connectivity index (χ3n) is 2.79. The van der Waals surface area contributed by atoms with Gasteiger partial charge in [-0.15, -0.1) is 5.10 Å². The lowest BCUT2D eigenvalue weighted by molar-refractivity contribution is 0.397. The zero-order valence-corrected chi connectivity index (χ0v) is 11.5. The maximum absolute atomic E-state index is 11.9. The number of nitrogens with one attached hydrogen (secondary N) is 1. The highest BCUT2D eigenvalue weighted by atomic mass is 16.5. The largest absolute Gasteiger partial charge is 0.481 e. The molecule has 8 heteroatoms. The molecular formula is C12H15N5O3. The summed E-state index contributed by atoms with van der Waals surface area (Å²) in [5.41, 5.74) is -0.0465. The molecule has 0 saturated carbocycles. The first-order valence-electron chi connectivity index (χ1n) is 5.90. The Morgan fingerprint density at radius 1 is 1.35 bits per heavy atom.